The molecule has 1 aliphatic rings. The summed E-state index contributed by atoms with van der Waals surface area (Å²) in [5.74, 6) is -0.129. The van der Waals surface area contributed by atoms with Crippen molar-refractivity contribution < 1.29 is 14.3 Å². The molecule has 0 unspecified atom stereocenters. The molecule has 0 aromatic carbocycles. The number of nitrogens with one attached hydrogen (secondary N) is 1. The Hall–Kier alpha value is -0.980. The van der Waals surface area contributed by atoms with E-state index in [1.165, 1.54) is 0 Å². The molecule has 1 amide bonds. The first-order chi connectivity index (χ1) is 8.29. The predicted molar refractivity (Wildman–Crippen MR) is 63.9 cm³/mol. The van der Waals surface area contributed by atoms with E-state index < -0.39 is 6.10 Å². The largest absolute Gasteiger partial charge is 0.376 e. The molecule has 0 aliphatic carbocycles. The number of hydrogen-bond donors (Lipinski definition) is 1. The lowest BCUT2D eigenvalue weighted by atomic mass is 10.3. The number of carbonyl (C=O) groups is 1. The van der Waals surface area contributed by atoms with Crippen LogP contribution >= 0.6 is 11.3 Å². The summed E-state index contributed by atoms with van der Waals surface area (Å²) < 4.78 is 10.5. The van der Waals surface area contributed by atoms with Crippen LogP contribution in [0.2, 0.25) is 0 Å². The first-order valence-corrected chi connectivity index (χ1v) is 6.58. The predicted octanol–water partition coefficient (Wildman–Crippen LogP) is 0.737. The summed E-state index contributed by atoms with van der Waals surface area (Å²) in [4.78, 5) is 16.1. The van der Waals surface area contributed by atoms with Crippen molar-refractivity contribution in [1.29, 1.82) is 0 Å². The lowest BCUT2D eigenvalue weighted by Crippen LogP contribution is -2.42. The molecular formula is C11H16N2O3S. The zero-order chi connectivity index (χ0) is 12.1. The number of rotatable bonds is 4. The molecule has 1 fully saturated rings. The van der Waals surface area contributed by atoms with E-state index in [1.54, 1.807) is 11.3 Å². The van der Waals surface area contributed by atoms with Gasteiger partial charge < -0.3 is 14.8 Å². The molecular weight excluding hydrogens is 240 g/mol. The summed E-state index contributed by atoms with van der Waals surface area (Å²) in [5, 5.41) is 5.87. The summed E-state index contributed by atoms with van der Waals surface area (Å²) in [6.45, 7) is 3.90. The Morgan fingerprint density at radius 3 is 3.18 bits per heavy atom. The van der Waals surface area contributed by atoms with E-state index in [-0.39, 0.29) is 5.91 Å². The van der Waals surface area contributed by atoms with Crippen LogP contribution in [-0.4, -0.2) is 36.8 Å². The van der Waals surface area contributed by atoms with Gasteiger partial charge in [0.05, 0.1) is 37.1 Å². The van der Waals surface area contributed by atoms with Crippen molar-refractivity contribution >= 4 is 17.2 Å². The summed E-state index contributed by atoms with van der Waals surface area (Å²) in [6.07, 6.45) is 0.450. The molecule has 0 bridgehead atoms. The van der Waals surface area contributed by atoms with E-state index in [4.69, 9.17) is 9.47 Å². The molecule has 2 heterocycles. The van der Waals surface area contributed by atoms with Gasteiger partial charge in [-0.3, -0.25) is 4.79 Å². The maximum absolute atomic E-state index is 11.7. The van der Waals surface area contributed by atoms with Gasteiger partial charge in [-0.05, 0) is 6.42 Å². The molecule has 1 aliphatic heterocycles. The van der Waals surface area contributed by atoms with E-state index >= 15 is 0 Å². The van der Waals surface area contributed by atoms with Gasteiger partial charge in [0.1, 0.15) is 0 Å². The normalized spacial score (nSPS) is 20.2. The molecule has 1 saturated heterocycles. The lowest BCUT2D eigenvalue weighted by molar-refractivity contribution is -0.147. The second-order valence-electron chi connectivity index (χ2n) is 3.74. The van der Waals surface area contributed by atoms with Crippen molar-refractivity contribution in [2.24, 2.45) is 0 Å². The summed E-state index contributed by atoms with van der Waals surface area (Å²) in [5.41, 5.74) is 0.900. The summed E-state index contributed by atoms with van der Waals surface area (Å²) in [6, 6.07) is 0. The van der Waals surface area contributed by atoms with Gasteiger partial charge >= 0.3 is 0 Å². The first-order valence-electron chi connectivity index (χ1n) is 5.70. The molecule has 0 saturated carbocycles. The second-order valence-corrected chi connectivity index (χ2v) is 4.68. The molecule has 1 aromatic rings. The highest BCUT2D eigenvalue weighted by Gasteiger charge is 2.22. The Labute approximate surface area is 104 Å². The molecule has 0 spiro atoms. The SMILES string of the molecule is CCc1nc(CNC(=O)[C@H]2COCCO2)cs1. The van der Waals surface area contributed by atoms with Crippen LogP contribution in [0.4, 0.5) is 0 Å². The van der Waals surface area contributed by atoms with Crippen molar-refractivity contribution in [3.05, 3.63) is 16.1 Å². The Morgan fingerprint density at radius 2 is 2.53 bits per heavy atom. The van der Waals surface area contributed by atoms with Crippen LogP contribution < -0.4 is 5.32 Å². The van der Waals surface area contributed by atoms with Crippen LogP contribution in [0.15, 0.2) is 5.38 Å². The van der Waals surface area contributed by atoms with Crippen molar-refractivity contribution in [1.82, 2.24) is 10.3 Å². The van der Waals surface area contributed by atoms with Crippen LogP contribution in [0.25, 0.3) is 0 Å². The Bertz CT molecular complexity index is 375. The zero-order valence-corrected chi connectivity index (χ0v) is 10.6. The number of ether oxygens (including phenoxy) is 2. The van der Waals surface area contributed by atoms with Gasteiger partial charge in [0.25, 0.3) is 5.91 Å². The van der Waals surface area contributed by atoms with Crippen molar-refractivity contribution in [3.63, 3.8) is 0 Å². The molecule has 1 atom stereocenters. The molecule has 1 N–H and O–H groups in total. The highest BCUT2D eigenvalue weighted by molar-refractivity contribution is 7.09. The minimum atomic E-state index is -0.479. The van der Waals surface area contributed by atoms with Gasteiger partial charge in [-0.15, -0.1) is 11.3 Å². The van der Waals surface area contributed by atoms with Gasteiger partial charge in [-0.2, -0.15) is 0 Å². The number of carbonyl (C=O) groups excluding carboxylic acids is 1. The van der Waals surface area contributed by atoms with Gasteiger partial charge in [0, 0.05) is 5.38 Å². The van der Waals surface area contributed by atoms with Crippen LogP contribution in [0, 0.1) is 0 Å². The number of thiazole rings is 1. The molecule has 1 aromatic heterocycles. The van der Waals surface area contributed by atoms with Crippen molar-refractivity contribution in [3.8, 4) is 0 Å². The van der Waals surface area contributed by atoms with Crippen LogP contribution in [-0.2, 0) is 27.2 Å². The summed E-state index contributed by atoms with van der Waals surface area (Å²) >= 11 is 1.62. The fraction of sp³-hybridized carbons (Fsp3) is 0.636. The first kappa shape index (κ1) is 12.5. The van der Waals surface area contributed by atoms with Crippen LogP contribution in [0.3, 0.4) is 0 Å². The molecule has 0 radical (unpaired) electrons. The monoisotopic (exact) mass is 256 g/mol. The molecule has 6 heteroatoms. The third-order valence-electron chi connectivity index (χ3n) is 2.45. The Kier molecular flexibility index (Phi) is 4.47. The number of nitrogens with zero attached hydrogens (tertiary/aromatic N) is 1. The molecule has 2 rings (SSSR count). The minimum Gasteiger partial charge on any atom is -0.376 e. The number of aromatic nitrogens is 1. The average molecular weight is 256 g/mol. The van der Waals surface area contributed by atoms with Gasteiger partial charge in [0.2, 0.25) is 0 Å². The van der Waals surface area contributed by atoms with E-state index in [2.05, 4.69) is 17.2 Å². The van der Waals surface area contributed by atoms with E-state index in [0.29, 0.717) is 26.4 Å². The molecule has 17 heavy (non-hydrogen) atoms. The highest BCUT2D eigenvalue weighted by Crippen LogP contribution is 2.10. The van der Waals surface area contributed by atoms with E-state index in [0.717, 1.165) is 17.1 Å². The van der Waals surface area contributed by atoms with Gasteiger partial charge in [-0.25, -0.2) is 4.98 Å². The van der Waals surface area contributed by atoms with Crippen molar-refractivity contribution in [2.75, 3.05) is 19.8 Å². The third kappa shape index (κ3) is 3.49. The zero-order valence-electron chi connectivity index (χ0n) is 9.77. The molecule has 5 nitrogen and oxygen atoms in total. The summed E-state index contributed by atoms with van der Waals surface area (Å²) in [7, 11) is 0. The topological polar surface area (TPSA) is 60.5 Å². The smallest absolute Gasteiger partial charge is 0.251 e. The van der Waals surface area contributed by atoms with E-state index in [1.807, 2.05) is 5.38 Å². The highest BCUT2D eigenvalue weighted by atomic mass is 32.1. The maximum atomic E-state index is 11.7. The lowest BCUT2D eigenvalue weighted by Gasteiger charge is -2.21. The fourth-order valence-electron chi connectivity index (χ4n) is 1.52. The quantitative estimate of drug-likeness (QED) is 0.863. The minimum absolute atomic E-state index is 0.129. The average Bonchev–Trinajstić information content (AvgIpc) is 2.85. The standard InChI is InChI=1S/C11H16N2O3S/c1-2-10-13-8(7-17-10)5-12-11(14)9-6-15-3-4-16-9/h7,9H,2-6H2,1H3,(H,12,14)/t9-/m1/s1. The fourth-order valence-corrected chi connectivity index (χ4v) is 2.27. The Morgan fingerprint density at radius 1 is 1.65 bits per heavy atom. The second kappa shape index (κ2) is 6.09. The number of amides is 1. The van der Waals surface area contributed by atoms with Gasteiger partial charge in [-0.1, -0.05) is 6.92 Å². The van der Waals surface area contributed by atoms with Gasteiger partial charge in [0.15, 0.2) is 6.10 Å². The number of hydrogen-bond acceptors (Lipinski definition) is 5. The van der Waals surface area contributed by atoms with Crippen LogP contribution in [0.1, 0.15) is 17.6 Å². The van der Waals surface area contributed by atoms with Crippen LogP contribution in [0.5, 0.6) is 0 Å². The third-order valence-corrected chi connectivity index (χ3v) is 3.50. The Balaban J connectivity index is 1.78. The molecule has 94 valence electrons. The maximum Gasteiger partial charge on any atom is 0.251 e. The van der Waals surface area contributed by atoms with Crippen molar-refractivity contribution in [2.45, 2.75) is 26.0 Å². The van der Waals surface area contributed by atoms with E-state index in [9.17, 15) is 4.79 Å². The number of aryl methyl sites for hydroxylation is 1.